The van der Waals surface area contributed by atoms with Crippen molar-refractivity contribution in [2.45, 2.75) is 91.1 Å². The van der Waals surface area contributed by atoms with Crippen LogP contribution in [0.3, 0.4) is 0 Å². The molecule has 1 aromatic rings. The van der Waals surface area contributed by atoms with E-state index < -0.39 is 0 Å². The second kappa shape index (κ2) is 11.0. The average Bonchev–Trinajstić information content (AvgIpc) is 3.33. The lowest BCUT2D eigenvalue weighted by Gasteiger charge is -2.58. The van der Waals surface area contributed by atoms with Crippen molar-refractivity contribution < 1.29 is 14.6 Å². The zero-order chi connectivity index (χ0) is 28.1. The standard InChI is InChI=1S/C35H52N2O3/c1-24(9-14-33(39)37-21-19-36(20-22-37)31-7-5-6-8-32(31)40-4)28-12-13-29-27-11-10-25-23-26(38)15-17-34(25,2)30(27)16-18-35(28,29)3/h5-8,10,24,26-30,38H,9,11-23H2,1-4H3/t24-,26+,27+,28-,29+,30+,34+,35-/m1/s1. The molecule has 1 N–H and O–H groups in total. The Hall–Kier alpha value is -2.01. The number of benzene rings is 1. The number of hydrogen-bond acceptors (Lipinski definition) is 4. The minimum Gasteiger partial charge on any atom is -0.495 e. The first-order valence-electron chi connectivity index (χ1n) is 16.3. The van der Waals surface area contributed by atoms with Gasteiger partial charge in [0, 0.05) is 32.6 Å². The molecule has 220 valence electrons. The van der Waals surface area contributed by atoms with Gasteiger partial charge in [0.2, 0.25) is 5.91 Å². The van der Waals surface area contributed by atoms with Gasteiger partial charge in [0.1, 0.15) is 5.75 Å². The maximum absolute atomic E-state index is 13.3. The topological polar surface area (TPSA) is 53.0 Å². The summed E-state index contributed by atoms with van der Waals surface area (Å²) in [6.45, 7) is 10.9. The number of anilines is 1. The molecule has 0 aromatic heterocycles. The Bertz CT molecular complexity index is 1110. The molecule has 40 heavy (non-hydrogen) atoms. The monoisotopic (exact) mass is 548 g/mol. The van der Waals surface area contributed by atoms with E-state index in [0.717, 1.165) is 80.6 Å². The van der Waals surface area contributed by atoms with E-state index in [9.17, 15) is 9.90 Å². The van der Waals surface area contributed by atoms with E-state index in [1.807, 2.05) is 12.1 Å². The highest BCUT2D eigenvalue weighted by Gasteiger charge is 2.59. The first kappa shape index (κ1) is 28.1. The largest absolute Gasteiger partial charge is 0.495 e. The van der Waals surface area contributed by atoms with E-state index in [1.165, 1.54) is 38.5 Å². The summed E-state index contributed by atoms with van der Waals surface area (Å²) in [7, 11) is 1.73. The Labute approximate surface area is 242 Å². The number of carbonyl (C=O) groups excluding carboxylic acids is 1. The lowest BCUT2D eigenvalue weighted by Crippen LogP contribution is -2.51. The molecular formula is C35H52N2O3. The lowest BCUT2D eigenvalue weighted by molar-refractivity contribution is -0.132. The molecule has 4 fully saturated rings. The highest BCUT2D eigenvalue weighted by atomic mass is 16.5. The van der Waals surface area contributed by atoms with Crippen LogP contribution in [0.15, 0.2) is 35.9 Å². The molecule has 3 saturated carbocycles. The highest BCUT2D eigenvalue weighted by Crippen LogP contribution is 2.67. The number of hydrogen-bond donors (Lipinski definition) is 1. The van der Waals surface area contributed by atoms with Gasteiger partial charge in [-0.3, -0.25) is 4.79 Å². The van der Waals surface area contributed by atoms with Gasteiger partial charge in [-0.15, -0.1) is 0 Å². The minimum atomic E-state index is -0.125. The van der Waals surface area contributed by atoms with Crippen molar-refractivity contribution in [2.75, 3.05) is 38.2 Å². The van der Waals surface area contributed by atoms with Crippen LogP contribution in [0.25, 0.3) is 0 Å². The van der Waals surface area contributed by atoms with Crippen molar-refractivity contribution in [3.05, 3.63) is 35.9 Å². The number of aliphatic hydroxyl groups is 1. The second-order valence-corrected chi connectivity index (χ2v) is 14.4. The molecule has 1 aromatic carbocycles. The molecule has 4 aliphatic carbocycles. The van der Waals surface area contributed by atoms with Gasteiger partial charge in [-0.1, -0.05) is 44.6 Å². The molecule has 1 saturated heterocycles. The first-order valence-corrected chi connectivity index (χ1v) is 16.3. The molecule has 1 aliphatic heterocycles. The number of carbonyl (C=O) groups is 1. The van der Waals surface area contributed by atoms with Crippen LogP contribution in [0.1, 0.15) is 85.0 Å². The molecule has 5 aliphatic rings. The van der Waals surface area contributed by atoms with Crippen molar-refractivity contribution in [3.8, 4) is 5.75 Å². The van der Waals surface area contributed by atoms with Gasteiger partial charge < -0.3 is 19.6 Å². The quantitative estimate of drug-likeness (QED) is 0.402. The highest BCUT2D eigenvalue weighted by molar-refractivity contribution is 5.76. The molecule has 0 bridgehead atoms. The minimum absolute atomic E-state index is 0.125. The van der Waals surface area contributed by atoms with Crippen molar-refractivity contribution in [1.82, 2.24) is 4.90 Å². The van der Waals surface area contributed by atoms with Gasteiger partial charge in [0.15, 0.2) is 0 Å². The number of allylic oxidation sites excluding steroid dienone is 1. The average molecular weight is 549 g/mol. The van der Waals surface area contributed by atoms with E-state index in [4.69, 9.17) is 4.74 Å². The van der Waals surface area contributed by atoms with Crippen LogP contribution in [0.4, 0.5) is 5.69 Å². The van der Waals surface area contributed by atoms with Crippen LogP contribution in [0.5, 0.6) is 5.75 Å². The summed E-state index contributed by atoms with van der Waals surface area (Å²) in [5.74, 6) is 5.00. The number of nitrogens with zero attached hydrogens (tertiary/aromatic N) is 2. The fourth-order valence-corrected chi connectivity index (χ4v) is 10.4. The number of rotatable bonds is 6. The molecule has 0 radical (unpaired) electrons. The molecule has 0 unspecified atom stereocenters. The van der Waals surface area contributed by atoms with Gasteiger partial charge in [0.05, 0.1) is 18.9 Å². The van der Waals surface area contributed by atoms with Crippen LogP contribution in [-0.2, 0) is 4.79 Å². The van der Waals surface area contributed by atoms with Crippen LogP contribution in [0.2, 0.25) is 0 Å². The fourth-order valence-electron chi connectivity index (χ4n) is 10.4. The maximum atomic E-state index is 13.3. The number of methoxy groups -OCH3 is 1. The van der Waals surface area contributed by atoms with Gasteiger partial charge >= 0.3 is 0 Å². The van der Waals surface area contributed by atoms with Gasteiger partial charge in [-0.2, -0.15) is 0 Å². The van der Waals surface area contributed by atoms with Crippen LogP contribution < -0.4 is 9.64 Å². The summed E-state index contributed by atoms with van der Waals surface area (Å²) >= 11 is 0. The van der Waals surface area contributed by atoms with Crippen molar-refractivity contribution in [3.63, 3.8) is 0 Å². The third kappa shape index (κ3) is 4.78. The normalized spacial score (nSPS) is 38.1. The number of amides is 1. The van der Waals surface area contributed by atoms with Crippen LogP contribution in [-0.4, -0.2) is 55.3 Å². The summed E-state index contributed by atoms with van der Waals surface area (Å²) in [5, 5.41) is 10.3. The Morgan fingerprint density at radius 2 is 1.82 bits per heavy atom. The Morgan fingerprint density at radius 1 is 1.05 bits per heavy atom. The van der Waals surface area contributed by atoms with Gasteiger partial charge in [-0.25, -0.2) is 0 Å². The van der Waals surface area contributed by atoms with Crippen LogP contribution in [0, 0.1) is 40.4 Å². The lowest BCUT2D eigenvalue weighted by atomic mass is 9.47. The summed E-state index contributed by atoms with van der Waals surface area (Å²) in [4.78, 5) is 17.7. The van der Waals surface area contributed by atoms with E-state index in [-0.39, 0.29) is 6.10 Å². The Morgan fingerprint density at radius 3 is 2.60 bits per heavy atom. The van der Waals surface area contributed by atoms with Crippen molar-refractivity contribution in [2.24, 2.45) is 40.4 Å². The zero-order valence-electron chi connectivity index (χ0n) is 25.4. The number of para-hydroxylation sites is 2. The smallest absolute Gasteiger partial charge is 0.222 e. The Balaban J connectivity index is 1.04. The molecule has 5 nitrogen and oxygen atoms in total. The molecule has 1 amide bonds. The number of aliphatic hydroxyl groups excluding tert-OH is 1. The molecule has 0 spiro atoms. The molecule has 6 rings (SSSR count). The molecule has 8 atom stereocenters. The van der Waals surface area contributed by atoms with E-state index in [1.54, 1.807) is 12.7 Å². The number of ether oxygens (including phenoxy) is 1. The first-order chi connectivity index (χ1) is 19.2. The van der Waals surface area contributed by atoms with Crippen molar-refractivity contribution in [1.29, 1.82) is 0 Å². The summed E-state index contributed by atoms with van der Waals surface area (Å²) in [6, 6.07) is 8.19. The van der Waals surface area contributed by atoms with Crippen LogP contribution >= 0.6 is 0 Å². The fraction of sp³-hybridized carbons (Fsp3) is 0.743. The van der Waals surface area contributed by atoms with E-state index in [2.05, 4.69) is 48.8 Å². The SMILES string of the molecule is COc1ccccc1N1CCN(C(=O)CC[C@@H](C)[C@H]2CC[C@H]3[C@@H]4CC=C5C[C@@H](O)CC[C@]5(C)[C@H]4CC[C@]23C)CC1. The van der Waals surface area contributed by atoms with E-state index in [0.29, 0.717) is 29.1 Å². The maximum Gasteiger partial charge on any atom is 0.222 e. The third-order valence-corrected chi connectivity index (χ3v) is 12.7. The molecule has 1 heterocycles. The predicted octanol–water partition coefficient (Wildman–Crippen LogP) is 6.70. The van der Waals surface area contributed by atoms with Crippen molar-refractivity contribution >= 4 is 11.6 Å². The number of piperazine rings is 1. The van der Waals surface area contributed by atoms with Gasteiger partial charge in [0.25, 0.3) is 0 Å². The summed E-state index contributed by atoms with van der Waals surface area (Å²) in [5.41, 5.74) is 3.43. The number of fused-ring (bicyclic) bond motifs is 5. The zero-order valence-corrected chi connectivity index (χ0v) is 25.4. The van der Waals surface area contributed by atoms with Gasteiger partial charge in [-0.05, 0) is 110 Å². The molecule has 5 heteroatoms. The predicted molar refractivity (Wildman–Crippen MR) is 161 cm³/mol. The summed E-state index contributed by atoms with van der Waals surface area (Å²) < 4.78 is 5.56. The second-order valence-electron chi connectivity index (χ2n) is 14.4. The Kier molecular flexibility index (Phi) is 7.74. The van der Waals surface area contributed by atoms with E-state index >= 15 is 0 Å². The third-order valence-electron chi connectivity index (χ3n) is 12.7. The molecular weight excluding hydrogens is 496 g/mol. The summed E-state index contributed by atoms with van der Waals surface area (Å²) in [6.07, 6.45) is 13.8.